The summed E-state index contributed by atoms with van der Waals surface area (Å²) >= 11 is 3.71. The molecular formula is C20H31BrO3Si. The van der Waals surface area contributed by atoms with Gasteiger partial charge in [-0.15, -0.1) is 5.54 Å². The van der Waals surface area contributed by atoms with Crippen molar-refractivity contribution >= 4 is 30.0 Å². The van der Waals surface area contributed by atoms with Crippen LogP contribution in [0.2, 0.25) is 19.6 Å². The summed E-state index contributed by atoms with van der Waals surface area (Å²) in [7, 11) is -1.36. The maximum Gasteiger partial charge on any atom is 0.303 e. The average Bonchev–Trinajstić information content (AvgIpc) is 2.49. The SMILES string of the molecule is CC[C@H]1O[C@@H]([C@@H](C/C=C/C#C[Si](C)(C)C)OC(C)=O)C/C=C\C[C@@H]1Br. The first-order chi connectivity index (χ1) is 11.7. The zero-order valence-electron chi connectivity index (χ0n) is 16.0. The van der Waals surface area contributed by atoms with E-state index in [1.165, 1.54) is 6.92 Å². The molecule has 0 aliphatic carbocycles. The minimum atomic E-state index is -1.36. The van der Waals surface area contributed by atoms with Gasteiger partial charge in [0.1, 0.15) is 14.2 Å². The monoisotopic (exact) mass is 426 g/mol. The molecule has 25 heavy (non-hydrogen) atoms. The van der Waals surface area contributed by atoms with Crippen LogP contribution in [0, 0.1) is 11.5 Å². The van der Waals surface area contributed by atoms with Gasteiger partial charge in [-0.25, -0.2) is 0 Å². The van der Waals surface area contributed by atoms with Crippen molar-refractivity contribution in [3.8, 4) is 11.5 Å². The minimum absolute atomic E-state index is 0.115. The number of halogens is 1. The summed E-state index contributed by atoms with van der Waals surface area (Å²) in [4.78, 5) is 11.8. The van der Waals surface area contributed by atoms with E-state index in [4.69, 9.17) is 9.47 Å². The number of carbonyl (C=O) groups is 1. The van der Waals surface area contributed by atoms with E-state index in [0.717, 1.165) is 19.3 Å². The second-order valence-corrected chi connectivity index (χ2v) is 13.3. The Labute approximate surface area is 162 Å². The number of ether oxygens (including phenoxy) is 2. The van der Waals surface area contributed by atoms with Gasteiger partial charge in [0.15, 0.2) is 0 Å². The third kappa shape index (κ3) is 9.44. The Bertz CT molecular complexity index is 539. The van der Waals surface area contributed by atoms with Crippen LogP contribution < -0.4 is 0 Å². The Morgan fingerprint density at radius 1 is 1.40 bits per heavy atom. The molecule has 0 aromatic rings. The number of alkyl halides is 1. The highest BCUT2D eigenvalue weighted by atomic mass is 79.9. The fourth-order valence-corrected chi connectivity index (χ4v) is 3.80. The molecule has 0 spiro atoms. The fraction of sp³-hybridized carbons (Fsp3) is 0.650. The minimum Gasteiger partial charge on any atom is -0.459 e. The van der Waals surface area contributed by atoms with E-state index in [1.807, 2.05) is 12.2 Å². The number of allylic oxidation sites excluding steroid dienone is 2. The van der Waals surface area contributed by atoms with Crippen LogP contribution in [0.15, 0.2) is 24.3 Å². The maximum atomic E-state index is 11.5. The Balaban J connectivity index is 2.82. The number of carbonyl (C=O) groups excluding carboxylic acids is 1. The lowest BCUT2D eigenvalue weighted by atomic mass is 10.0. The van der Waals surface area contributed by atoms with E-state index >= 15 is 0 Å². The van der Waals surface area contributed by atoms with Gasteiger partial charge < -0.3 is 9.47 Å². The third-order valence-electron chi connectivity index (χ3n) is 3.80. The highest BCUT2D eigenvalue weighted by Gasteiger charge is 2.29. The Morgan fingerprint density at radius 3 is 2.68 bits per heavy atom. The van der Waals surface area contributed by atoms with Crippen molar-refractivity contribution in [2.75, 3.05) is 0 Å². The number of rotatable bonds is 5. The van der Waals surface area contributed by atoms with Crippen molar-refractivity contribution in [3.05, 3.63) is 24.3 Å². The summed E-state index contributed by atoms with van der Waals surface area (Å²) in [5, 5.41) is 0. The molecule has 140 valence electrons. The third-order valence-corrected chi connectivity index (χ3v) is 5.66. The summed E-state index contributed by atoms with van der Waals surface area (Å²) in [5.74, 6) is 2.84. The Hall–Kier alpha value is -0.833. The molecule has 0 unspecified atom stereocenters. The van der Waals surface area contributed by atoms with Crippen molar-refractivity contribution in [1.29, 1.82) is 0 Å². The van der Waals surface area contributed by atoms with Crippen molar-refractivity contribution in [1.82, 2.24) is 0 Å². The molecule has 0 N–H and O–H groups in total. The largest absolute Gasteiger partial charge is 0.459 e. The number of esters is 1. The van der Waals surface area contributed by atoms with Crippen LogP contribution >= 0.6 is 15.9 Å². The van der Waals surface area contributed by atoms with Gasteiger partial charge in [0.05, 0.1) is 12.2 Å². The van der Waals surface area contributed by atoms with Crippen LogP contribution in [0.25, 0.3) is 0 Å². The summed E-state index contributed by atoms with van der Waals surface area (Å²) in [6.07, 6.45) is 11.1. The van der Waals surface area contributed by atoms with Gasteiger partial charge in [-0.3, -0.25) is 4.79 Å². The molecule has 1 aliphatic rings. The normalized spacial score (nSPS) is 26.9. The second kappa shape index (κ2) is 11.0. The molecule has 0 bridgehead atoms. The van der Waals surface area contributed by atoms with Crippen molar-refractivity contribution in [2.45, 2.75) is 82.3 Å². The summed E-state index contributed by atoms with van der Waals surface area (Å²) in [6.45, 7) is 10.2. The van der Waals surface area contributed by atoms with Gasteiger partial charge in [0.25, 0.3) is 0 Å². The van der Waals surface area contributed by atoms with E-state index in [2.05, 4.69) is 66.1 Å². The highest BCUT2D eigenvalue weighted by molar-refractivity contribution is 9.09. The van der Waals surface area contributed by atoms with E-state index in [-0.39, 0.29) is 29.1 Å². The first-order valence-electron chi connectivity index (χ1n) is 9.02. The van der Waals surface area contributed by atoms with Crippen LogP contribution in [0.1, 0.15) is 39.5 Å². The summed E-state index contributed by atoms with van der Waals surface area (Å²) in [5.41, 5.74) is 3.30. The number of hydrogen-bond acceptors (Lipinski definition) is 3. The van der Waals surface area contributed by atoms with E-state index in [9.17, 15) is 4.79 Å². The lowest BCUT2D eigenvalue weighted by Gasteiger charge is -2.32. The summed E-state index contributed by atoms with van der Waals surface area (Å²) in [6, 6.07) is 0. The van der Waals surface area contributed by atoms with Crippen LogP contribution in [0.3, 0.4) is 0 Å². The lowest BCUT2D eigenvalue weighted by molar-refractivity contribution is -0.158. The molecule has 0 saturated heterocycles. The van der Waals surface area contributed by atoms with Gasteiger partial charge >= 0.3 is 5.97 Å². The van der Waals surface area contributed by atoms with Gasteiger partial charge in [-0.1, -0.05) is 66.6 Å². The predicted octanol–water partition coefficient (Wildman–Crippen LogP) is 5.02. The fourth-order valence-electron chi connectivity index (χ4n) is 2.57. The molecule has 4 atom stereocenters. The van der Waals surface area contributed by atoms with Crippen LogP contribution in [0.4, 0.5) is 0 Å². The molecule has 0 fully saturated rings. The average molecular weight is 427 g/mol. The molecule has 0 radical (unpaired) electrons. The van der Waals surface area contributed by atoms with E-state index in [1.54, 1.807) is 0 Å². The second-order valence-electron chi connectivity index (χ2n) is 7.39. The molecule has 1 rings (SSSR count). The Kier molecular flexibility index (Phi) is 9.77. The Morgan fingerprint density at radius 2 is 2.08 bits per heavy atom. The quantitative estimate of drug-likeness (QED) is 0.203. The van der Waals surface area contributed by atoms with Crippen molar-refractivity contribution < 1.29 is 14.3 Å². The standard InChI is InChI=1S/C20H31BrO3Si/c1-6-18-17(21)12-9-10-14-20(24-18)19(23-16(2)22)13-8-7-11-15-25(3,4)5/h7-10,17-20H,6,12-14H2,1-5H3/b8-7+,10-9-/t17-,18+,19+,20+/m0/s1. The van der Waals surface area contributed by atoms with E-state index < -0.39 is 8.07 Å². The molecule has 0 aromatic heterocycles. The van der Waals surface area contributed by atoms with Gasteiger partial charge in [-0.2, -0.15) is 0 Å². The van der Waals surface area contributed by atoms with Crippen molar-refractivity contribution in [2.24, 2.45) is 0 Å². The van der Waals surface area contributed by atoms with Crippen LogP contribution in [-0.4, -0.2) is 37.2 Å². The van der Waals surface area contributed by atoms with Gasteiger partial charge in [-0.05, 0) is 25.3 Å². The summed E-state index contributed by atoms with van der Waals surface area (Å²) < 4.78 is 11.8. The van der Waals surface area contributed by atoms with Gasteiger partial charge in [0, 0.05) is 18.2 Å². The molecule has 1 heterocycles. The first kappa shape index (κ1) is 22.2. The van der Waals surface area contributed by atoms with Crippen LogP contribution in [-0.2, 0) is 14.3 Å². The molecule has 5 heteroatoms. The molecule has 3 nitrogen and oxygen atoms in total. The number of hydrogen-bond donors (Lipinski definition) is 0. The zero-order chi connectivity index (χ0) is 18.9. The topological polar surface area (TPSA) is 35.5 Å². The highest BCUT2D eigenvalue weighted by Crippen LogP contribution is 2.25. The van der Waals surface area contributed by atoms with E-state index in [0.29, 0.717) is 6.42 Å². The molecule has 0 amide bonds. The van der Waals surface area contributed by atoms with Crippen molar-refractivity contribution in [3.63, 3.8) is 0 Å². The molecule has 0 saturated carbocycles. The smallest absolute Gasteiger partial charge is 0.303 e. The molecule has 1 aliphatic heterocycles. The molecular weight excluding hydrogens is 396 g/mol. The lowest BCUT2D eigenvalue weighted by Crippen LogP contribution is -2.38. The zero-order valence-corrected chi connectivity index (χ0v) is 18.6. The molecule has 0 aromatic carbocycles. The van der Waals surface area contributed by atoms with Gasteiger partial charge in [0.2, 0.25) is 0 Å². The maximum absolute atomic E-state index is 11.5. The first-order valence-corrected chi connectivity index (χ1v) is 13.4. The van der Waals surface area contributed by atoms with Crippen LogP contribution in [0.5, 0.6) is 0 Å². The predicted molar refractivity (Wildman–Crippen MR) is 110 cm³/mol.